The molecule has 8 nitrogen and oxygen atoms in total. The lowest BCUT2D eigenvalue weighted by Crippen LogP contribution is -2.50. The third kappa shape index (κ3) is 6.37. The first-order valence-corrected chi connectivity index (χ1v) is 9.19. The Kier molecular flexibility index (Phi) is 6.89. The molecule has 0 aliphatic heterocycles. The van der Waals surface area contributed by atoms with E-state index in [0.717, 1.165) is 5.56 Å². The van der Waals surface area contributed by atoms with E-state index >= 15 is 0 Å². The first-order chi connectivity index (χ1) is 12.8. The third-order valence-electron chi connectivity index (χ3n) is 3.70. The molecule has 1 aromatic heterocycles. The van der Waals surface area contributed by atoms with E-state index < -0.39 is 17.6 Å². The van der Waals surface area contributed by atoms with Crippen LogP contribution in [0, 0.1) is 0 Å². The largest absolute Gasteiger partial charge is 0.433 e. The molecule has 0 radical (unpaired) electrons. The lowest BCUT2D eigenvalue weighted by atomic mass is 9.99. The Morgan fingerprint density at radius 2 is 1.96 bits per heavy atom. The molecule has 3 amide bonds. The van der Waals surface area contributed by atoms with Gasteiger partial charge in [-0.3, -0.25) is 9.59 Å². The number of benzene rings is 1. The van der Waals surface area contributed by atoms with Gasteiger partial charge in [0.05, 0.1) is 5.69 Å². The van der Waals surface area contributed by atoms with E-state index in [0.29, 0.717) is 23.8 Å². The van der Waals surface area contributed by atoms with Gasteiger partial charge in [-0.05, 0) is 18.9 Å². The van der Waals surface area contributed by atoms with Crippen molar-refractivity contribution in [1.29, 1.82) is 0 Å². The van der Waals surface area contributed by atoms with Crippen LogP contribution in [0.25, 0.3) is 0 Å². The normalized spacial score (nSPS) is 12.7. The molecule has 0 saturated carbocycles. The van der Waals surface area contributed by atoms with Crippen LogP contribution in [0.5, 0.6) is 0 Å². The summed E-state index contributed by atoms with van der Waals surface area (Å²) in [5.41, 5.74) is 5.22. The molecule has 9 heteroatoms. The lowest BCUT2D eigenvalue weighted by Gasteiger charge is -2.26. The Hall–Kier alpha value is -2.94. The summed E-state index contributed by atoms with van der Waals surface area (Å²) in [6.07, 6.45) is -0.376. The zero-order valence-corrected chi connectivity index (χ0v) is 16.0. The first-order valence-electron chi connectivity index (χ1n) is 8.31. The van der Waals surface area contributed by atoms with Gasteiger partial charge in [-0.2, -0.15) is 0 Å². The van der Waals surface area contributed by atoms with Crippen molar-refractivity contribution < 1.29 is 19.1 Å². The van der Waals surface area contributed by atoms with Crippen LogP contribution in [0.4, 0.5) is 9.93 Å². The van der Waals surface area contributed by atoms with Gasteiger partial charge >= 0.3 is 6.09 Å². The zero-order chi connectivity index (χ0) is 19.9. The minimum atomic E-state index is -1.51. The molecule has 4 N–H and O–H groups in total. The molecule has 0 spiro atoms. The Labute approximate surface area is 161 Å². The molecule has 0 saturated heterocycles. The van der Waals surface area contributed by atoms with Crippen LogP contribution in [-0.2, 0) is 27.2 Å². The number of nitrogens with one attached hydrogen (secondary N) is 2. The minimum Gasteiger partial charge on any atom is -0.433 e. The molecule has 2 rings (SSSR count). The molecule has 1 atom stereocenters. The number of thiazole rings is 1. The summed E-state index contributed by atoms with van der Waals surface area (Å²) >= 11 is 1.22. The highest BCUT2D eigenvalue weighted by Crippen LogP contribution is 2.22. The molecular weight excluding hydrogens is 368 g/mol. The summed E-state index contributed by atoms with van der Waals surface area (Å²) in [4.78, 5) is 39.3. The average molecular weight is 390 g/mol. The first kappa shape index (κ1) is 20.4. The van der Waals surface area contributed by atoms with Crippen molar-refractivity contribution in [2.24, 2.45) is 5.73 Å². The summed E-state index contributed by atoms with van der Waals surface area (Å²) in [6.45, 7) is 3.24. The second-order valence-electron chi connectivity index (χ2n) is 6.15. The molecule has 0 aliphatic rings. The summed E-state index contributed by atoms with van der Waals surface area (Å²) < 4.78 is 5.10. The molecule has 144 valence electrons. The van der Waals surface area contributed by atoms with Gasteiger partial charge in [0.15, 0.2) is 10.7 Å². The number of carbonyl (C=O) groups is 3. The van der Waals surface area contributed by atoms with Crippen molar-refractivity contribution in [2.75, 3.05) is 11.9 Å². The number of carbonyl (C=O) groups excluding carboxylic acids is 3. The Morgan fingerprint density at radius 1 is 1.26 bits per heavy atom. The van der Waals surface area contributed by atoms with Gasteiger partial charge in [-0.15, -0.1) is 11.3 Å². The van der Waals surface area contributed by atoms with Gasteiger partial charge in [0.2, 0.25) is 5.91 Å². The van der Waals surface area contributed by atoms with Crippen LogP contribution in [0.3, 0.4) is 0 Å². The number of hydrogen-bond acceptors (Lipinski definition) is 6. The number of anilines is 1. The standard InChI is InChI=1S/C18H22N4O4S/c1-12(23)21-17-22-14(11-27-17)10-18(2,26-16(19)25)15(24)20-9-8-13-6-4-3-5-7-13/h3-7,11H,8-10H2,1-2H3,(H2,19,25)(H,20,24)(H,21,22,23). The van der Waals surface area contributed by atoms with E-state index in [1.165, 1.54) is 25.2 Å². The lowest BCUT2D eigenvalue weighted by molar-refractivity contribution is -0.138. The molecule has 27 heavy (non-hydrogen) atoms. The number of rotatable bonds is 8. The van der Waals surface area contributed by atoms with Crippen LogP contribution >= 0.6 is 11.3 Å². The highest BCUT2D eigenvalue weighted by molar-refractivity contribution is 7.13. The Balaban J connectivity index is 2.02. The van der Waals surface area contributed by atoms with Crippen LogP contribution in [0.15, 0.2) is 35.7 Å². The van der Waals surface area contributed by atoms with Crippen LogP contribution in [-0.4, -0.2) is 35.0 Å². The molecule has 0 bridgehead atoms. The number of amides is 3. The summed E-state index contributed by atoms with van der Waals surface area (Å²) in [7, 11) is 0. The number of nitrogens with two attached hydrogens (primary N) is 1. The fraction of sp³-hybridized carbons (Fsp3) is 0.333. The number of hydrogen-bond donors (Lipinski definition) is 3. The van der Waals surface area contributed by atoms with E-state index in [9.17, 15) is 14.4 Å². The van der Waals surface area contributed by atoms with Gasteiger partial charge in [-0.25, -0.2) is 9.78 Å². The quantitative estimate of drug-likeness (QED) is 0.635. The number of primary amides is 1. The number of ether oxygens (including phenoxy) is 1. The van der Waals surface area contributed by atoms with Crippen molar-refractivity contribution in [3.8, 4) is 0 Å². The topological polar surface area (TPSA) is 123 Å². The smallest absolute Gasteiger partial charge is 0.405 e. The highest BCUT2D eigenvalue weighted by atomic mass is 32.1. The van der Waals surface area contributed by atoms with Crippen LogP contribution in [0.1, 0.15) is 25.1 Å². The fourth-order valence-electron chi connectivity index (χ4n) is 2.48. The van der Waals surface area contributed by atoms with Gasteiger partial charge < -0.3 is 21.1 Å². The van der Waals surface area contributed by atoms with E-state index in [2.05, 4.69) is 15.6 Å². The summed E-state index contributed by atoms with van der Waals surface area (Å²) in [5, 5.41) is 7.43. The molecule has 2 aromatic rings. The minimum absolute atomic E-state index is 0.0309. The highest BCUT2D eigenvalue weighted by Gasteiger charge is 2.38. The summed E-state index contributed by atoms with van der Waals surface area (Å²) in [5.74, 6) is -0.711. The molecule has 0 fully saturated rings. The number of nitrogens with zero attached hydrogens (tertiary/aromatic N) is 1. The Morgan fingerprint density at radius 3 is 2.59 bits per heavy atom. The number of aromatic nitrogens is 1. The van der Waals surface area contributed by atoms with E-state index in [1.807, 2.05) is 30.3 Å². The van der Waals surface area contributed by atoms with Crippen molar-refractivity contribution in [3.05, 3.63) is 47.0 Å². The van der Waals surface area contributed by atoms with Crippen LogP contribution in [0.2, 0.25) is 0 Å². The maximum Gasteiger partial charge on any atom is 0.405 e. The third-order valence-corrected chi connectivity index (χ3v) is 4.51. The van der Waals surface area contributed by atoms with E-state index in [1.54, 1.807) is 5.38 Å². The second kappa shape index (κ2) is 9.13. The molecule has 1 aromatic carbocycles. The second-order valence-corrected chi connectivity index (χ2v) is 7.00. The zero-order valence-electron chi connectivity index (χ0n) is 15.2. The maximum atomic E-state index is 12.6. The maximum absolute atomic E-state index is 12.6. The Bertz CT molecular complexity index is 809. The fourth-order valence-corrected chi connectivity index (χ4v) is 3.23. The van der Waals surface area contributed by atoms with Crippen molar-refractivity contribution in [3.63, 3.8) is 0 Å². The van der Waals surface area contributed by atoms with E-state index in [-0.39, 0.29) is 12.3 Å². The SMILES string of the molecule is CC(=O)Nc1nc(CC(C)(OC(N)=O)C(=O)NCCc2ccccc2)cs1. The molecule has 0 aliphatic carbocycles. The van der Waals surface area contributed by atoms with Crippen molar-refractivity contribution in [2.45, 2.75) is 32.3 Å². The predicted octanol–water partition coefficient (Wildman–Crippen LogP) is 1.86. The van der Waals surface area contributed by atoms with Gasteiger partial charge in [0.25, 0.3) is 5.91 Å². The molecular formula is C18H22N4O4S. The van der Waals surface area contributed by atoms with Crippen molar-refractivity contribution in [1.82, 2.24) is 10.3 Å². The molecule has 1 unspecified atom stereocenters. The van der Waals surface area contributed by atoms with Crippen LogP contribution < -0.4 is 16.4 Å². The monoisotopic (exact) mass is 390 g/mol. The van der Waals surface area contributed by atoms with E-state index in [4.69, 9.17) is 10.5 Å². The average Bonchev–Trinajstić information content (AvgIpc) is 3.00. The van der Waals surface area contributed by atoms with Crippen molar-refractivity contribution >= 4 is 34.4 Å². The summed E-state index contributed by atoms with van der Waals surface area (Å²) in [6, 6.07) is 9.69. The van der Waals surface area contributed by atoms with Gasteiger partial charge in [-0.1, -0.05) is 30.3 Å². The predicted molar refractivity (Wildman–Crippen MR) is 102 cm³/mol. The van der Waals surface area contributed by atoms with Gasteiger partial charge in [0, 0.05) is 25.3 Å². The molecule has 1 heterocycles. The van der Waals surface area contributed by atoms with Gasteiger partial charge in [0.1, 0.15) is 0 Å².